The molecular formula is C24H24N4O4. The normalized spacial score (nSPS) is 10.8. The van der Waals surface area contributed by atoms with Crippen molar-refractivity contribution in [3.63, 3.8) is 0 Å². The monoisotopic (exact) mass is 432 g/mol. The topological polar surface area (TPSA) is 98.4 Å². The molecule has 2 aromatic heterocycles. The highest BCUT2D eigenvalue weighted by atomic mass is 16.5. The molecule has 32 heavy (non-hydrogen) atoms. The minimum Gasteiger partial charge on any atom is -0.484 e. The van der Waals surface area contributed by atoms with Crippen molar-refractivity contribution in [1.82, 2.24) is 14.9 Å². The molecule has 0 saturated carbocycles. The van der Waals surface area contributed by atoms with Crippen molar-refractivity contribution in [2.75, 3.05) is 18.5 Å². The molecule has 164 valence electrons. The fraction of sp³-hybridized carbons (Fsp3) is 0.208. The summed E-state index contributed by atoms with van der Waals surface area (Å²) < 4.78 is 12.8. The van der Waals surface area contributed by atoms with E-state index < -0.39 is 0 Å². The number of fused-ring (bicyclic) bond motifs is 1. The minimum absolute atomic E-state index is 0.109. The highest BCUT2D eigenvalue weighted by Gasteiger charge is 2.10. The van der Waals surface area contributed by atoms with Gasteiger partial charge < -0.3 is 24.4 Å². The first kappa shape index (κ1) is 21.2. The van der Waals surface area contributed by atoms with E-state index in [4.69, 9.17) is 9.15 Å². The predicted molar refractivity (Wildman–Crippen MR) is 121 cm³/mol. The fourth-order valence-corrected chi connectivity index (χ4v) is 3.41. The van der Waals surface area contributed by atoms with E-state index in [0.29, 0.717) is 18.0 Å². The van der Waals surface area contributed by atoms with Gasteiger partial charge in [0.25, 0.3) is 11.8 Å². The first-order valence-electron chi connectivity index (χ1n) is 10.4. The molecule has 8 nitrogen and oxygen atoms in total. The van der Waals surface area contributed by atoms with Gasteiger partial charge in [-0.3, -0.25) is 9.59 Å². The highest BCUT2D eigenvalue weighted by Crippen LogP contribution is 2.18. The van der Waals surface area contributed by atoms with E-state index in [1.807, 2.05) is 31.2 Å². The highest BCUT2D eigenvalue weighted by molar-refractivity contribution is 6.02. The molecule has 0 aliphatic carbocycles. The predicted octanol–water partition coefficient (Wildman–Crippen LogP) is 3.78. The minimum atomic E-state index is -0.356. The number of ether oxygens (including phenoxy) is 1. The van der Waals surface area contributed by atoms with Crippen LogP contribution < -0.4 is 15.4 Å². The second kappa shape index (κ2) is 9.82. The molecular weight excluding hydrogens is 408 g/mol. The van der Waals surface area contributed by atoms with E-state index in [2.05, 4.69) is 20.2 Å². The van der Waals surface area contributed by atoms with Crippen LogP contribution in [0.15, 0.2) is 71.3 Å². The summed E-state index contributed by atoms with van der Waals surface area (Å²) in [6, 6.07) is 18.1. The third kappa shape index (κ3) is 5.15. The number of imidazole rings is 1. The van der Waals surface area contributed by atoms with Crippen molar-refractivity contribution in [2.24, 2.45) is 0 Å². The molecule has 4 aromatic rings. The number of hydrogen-bond acceptors (Lipinski definition) is 5. The van der Waals surface area contributed by atoms with Crippen LogP contribution in [-0.4, -0.2) is 34.5 Å². The van der Waals surface area contributed by atoms with Gasteiger partial charge in [0, 0.05) is 24.8 Å². The average molecular weight is 432 g/mol. The number of para-hydroxylation sites is 2. The van der Waals surface area contributed by atoms with E-state index in [1.165, 1.54) is 6.26 Å². The number of aryl methyl sites for hydroxylation is 2. The zero-order chi connectivity index (χ0) is 22.3. The molecule has 0 spiro atoms. The molecule has 2 heterocycles. The molecule has 4 rings (SSSR count). The second-order valence-corrected chi connectivity index (χ2v) is 7.25. The van der Waals surface area contributed by atoms with E-state index in [1.54, 1.807) is 36.4 Å². The van der Waals surface area contributed by atoms with Crippen molar-refractivity contribution >= 4 is 28.5 Å². The standard InChI is InChI=1S/C24H24N4O4/c1-17-26-20-9-2-3-10-21(20)28(17)13-6-12-25-23(29)16-32-19-8-4-7-18(15-19)27-24(30)22-11-5-14-31-22/h2-5,7-11,14-15H,6,12-13,16H2,1H3,(H,25,29)(H,27,30). The summed E-state index contributed by atoms with van der Waals surface area (Å²) in [5, 5.41) is 5.59. The smallest absolute Gasteiger partial charge is 0.291 e. The average Bonchev–Trinajstić information content (AvgIpc) is 3.44. The first-order valence-corrected chi connectivity index (χ1v) is 10.4. The zero-order valence-electron chi connectivity index (χ0n) is 17.7. The Kier molecular flexibility index (Phi) is 6.50. The molecule has 0 radical (unpaired) electrons. The van der Waals surface area contributed by atoms with Crippen LogP contribution in [0, 0.1) is 6.92 Å². The van der Waals surface area contributed by atoms with E-state index in [0.717, 1.165) is 29.8 Å². The molecule has 0 aliphatic heterocycles. The van der Waals surface area contributed by atoms with Crippen LogP contribution in [0.4, 0.5) is 5.69 Å². The Morgan fingerprint density at radius 3 is 2.81 bits per heavy atom. The molecule has 0 atom stereocenters. The van der Waals surface area contributed by atoms with E-state index in [-0.39, 0.29) is 24.2 Å². The van der Waals surface area contributed by atoms with Gasteiger partial charge >= 0.3 is 0 Å². The molecule has 2 amide bonds. The van der Waals surface area contributed by atoms with Crippen LogP contribution in [0.3, 0.4) is 0 Å². The summed E-state index contributed by atoms with van der Waals surface area (Å²) in [5.74, 6) is 1.10. The summed E-state index contributed by atoms with van der Waals surface area (Å²) in [5.41, 5.74) is 2.62. The lowest BCUT2D eigenvalue weighted by molar-refractivity contribution is -0.123. The summed E-state index contributed by atoms with van der Waals surface area (Å²) in [6.07, 6.45) is 2.22. The van der Waals surface area contributed by atoms with Gasteiger partial charge in [-0.25, -0.2) is 4.98 Å². The Morgan fingerprint density at radius 1 is 1.09 bits per heavy atom. The maximum Gasteiger partial charge on any atom is 0.291 e. The summed E-state index contributed by atoms with van der Waals surface area (Å²) in [6.45, 7) is 3.18. The Morgan fingerprint density at radius 2 is 1.97 bits per heavy atom. The lowest BCUT2D eigenvalue weighted by atomic mass is 10.3. The quantitative estimate of drug-likeness (QED) is 0.392. The maximum absolute atomic E-state index is 12.1. The van der Waals surface area contributed by atoms with Crippen LogP contribution >= 0.6 is 0 Å². The van der Waals surface area contributed by atoms with Gasteiger partial charge in [-0.2, -0.15) is 0 Å². The number of anilines is 1. The third-order valence-corrected chi connectivity index (χ3v) is 4.93. The van der Waals surface area contributed by atoms with Crippen molar-refractivity contribution in [3.05, 3.63) is 78.5 Å². The first-order chi connectivity index (χ1) is 15.6. The lowest BCUT2D eigenvalue weighted by Crippen LogP contribution is -2.30. The van der Waals surface area contributed by atoms with Crippen LogP contribution in [-0.2, 0) is 11.3 Å². The van der Waals surface area contributed by atoms with E-state index in [9.17, 15) is 9.59 Å². The number of carbonyl (C=O) groups is 2. The molecule has 8 heteroatoms. The van der Waals surface area contributed by atoms with Crippen LogP contribution in [0.5, 0.6) is 5.75 Å². The van der Waals surface area contributed by atoms with Gasteiger partial charge in [-0.1, -0.05) is 18.2 Å². The van der Waals surface area contributed by atoms with Gasteiger partial charge in [0.2, 0.25) is 0 Å². The molecule has 2 N–H and O–H groups in total. The van der Waals surface area contributed by atoms with Gasteiger partial charge in [0.1, 0.15) is 11.6 Å². The summed E-state index contributed by atoms with van der Waals surface area (Å²) in [4.78, 5) is 28.8. The number of nitrogens with zero attached hydrogens (tertiary/aromatic N) is 2. The number of hydrogen-bond donors (Lipinski definition) is 2. The Balaban J connectivity index is 1.21. The maximum atomic E-state index is 12.1. The van der Waals surface area contributed by atoms with Crippen LogP contribution in [0.25, 0.3) is 11.0 Å². The van der Waals surface area contributed by atoms with Crippen molar-refractivity contribution < 1.29 is 18.7 Å². The number of aromatic nitrogens is 2. The Bertz CT molecular complexity index is 1210. The fourth-order valence-electron chi connectivity index (χ4n) is 3.41. The molecule has 0 bridgehead atoms. The van der Waals surface area contributed by atoms with E-state index >= 15 is 0 Å². The molecule has 0 fully saturated rings. The number of nitrogens with one attached hydrogen (secondary N) is 2. The van der Waals surface area contributed by atoms with Crippen LogP contribution in [0.2, 0.25) is 0 Å². The van der Waals surface area contributed by atoms with Crippen molar-refractivity contribution in [3.8, 4) is 5.75 Å². The van der Waals surface area contributed by atoms with Gasteiger partial charge in [0.05, 0.1) is 17.3 Å². The molecule has 2 aromatic carbocycles. The largest absolute Gasteiger partial charge is 0.484 e. The van der Waals surface area contributed by atoms with Crippen molar-refractivity contribution in [1.29, 1.82) is 0 Å². The SMILES string of the molecule is Cc1nc2ccccc2n1CCCNC(=O)COc1cccc(NC(=O)c2ccco2)c1. The molecule has 0 aliphatic rings. The van der Waals surface area contributed by atoms with Crippen molar-refractivity contribution in [2.45, 2.75) is 19.9 Å². The second-order valence-electron chi connectivity index (χ2n) is 7.25. The summed E-state index contributed by atoms with van der Waals surface area (Å²) >= 11 is 0. The lowest BCUT2D eigenvalue weighted by Gasteiger charge is -2.10. The van der Waals surface area contributed by atoms with Crippen LogP contribution in [0.1, 0.15) is 22.8 Å². The molecule has 0 saturated heterocycles. The zero-order valence-corrected chi connectivity index (χ0v) is 17.7. The summed E-state index contributed by atoms with van der Waals surface area (Å²) in [7, 11) is 0. The van der Waals surface area contributed by atoms with Gasteiger partial charge in [0.15, 0.2) is 12.4 Å². The number of rotatable bonds is 9. The Labute approximate surface area is 185 Å². The number of furan rings is 1. The number of amides is 2. The number of benzene rings is 2. The number of carbonyl (C=O) groups excluding carboxylic acids is 2. The third-order valence-electron chi connectivity index (χ3n) is 4.93. The van der Waals surface area contributed by atoms with Gasteiger partial charge in [-0.15, -0.1) is 0 Å². The molecule has 0 unspecified atom stereocenters. The Hall–Kier alpha value is -4.07. The van der Waals surface area contributed by atoms with Gasteiger partial charge in [-0.05, 0) is 49.7 Å².